The first kappa shape index (κ1) is 16.2. The Morgan fingerprint density at radius 2 is 1.88 bits per heavy atom. The van der Waals surface area contributed by atoms with Crippen molar-refractivity contribution in [2.45, 2.75) is 0 Å². The number of hydrogen-bond donors (Lipinski definition) is 3. The number of nitrogens with zero attached hydrogens (tertiary/aromatic N) is 2. The topological polar surface area (TPSA) is 83.3 Å². The van der Waals surface area contributed by atoms with E-state index in [2.05, 4.69) is 10.2 Å². The Bertz CT molecular complexity index is 1180. The van der Waals surface area contributed by atoms with E-state index in [4.69, 9.17) is 17.0 Å². The molecule has 0 saturated carbocycles. The lowest BCUT2D eigenvalue weighted by Crippen LogP contribution is -2.02. The quantitative estimate of drug-likeness (QED) is 0.475. The highest BCUT2D eigenvalue weighted by atomic mass is 32.1. The fraction of sp³-hybridized carbons (Fsp3) is 0.0526. The van der Waals surface area contributed by atoms with Crippen molar-refractivity contribution in [3.63, 3.8) is 0 Å². The maximum atomic E-state index is 10.3. The normalized spacial score (nSPS) is 11.0. The number of nitrogens with one attached hydrogen (secondary N) is 1. The van der Waals surface area contributed by atoms with E-state index in [-0.39, 0.29) is 11.5 Å². The van der Waals surface area contributed by atoms with Gasteiger partial charge in [-0.2, -0.15) is 5.10 Å². The smallest absolute Gasteiger partial charge is 0.200 e. The van der Waals surface area contributed by atoms with Crippen LogP contribution in [0.1, 0.15) is 0 Å². The monoisotopic (exact) mass is 365 g/mol. The molecule has 0 radical (unpaired) electrons. The minimum absolute atomic E-state index is 0.0327. The minimum atomic E-state index is -0.0977. The second-order valence-corrected chi connectivity index (χ2v) is 6.11. The number of benzene rings is 3. The SMILES string of the molecule is COc1ccc2ccccc2c1-n1c(-c2ccc(O)cc2O)n[nH]c1=S. The summed E-state index contributed by atoms with van der Waals surface area (Å²) in [5.41, 5.74) is 1.16. The Kier molecular flexibility index (Phi) is 3.85. The second kappa shape index (κ2) is 6.20. The predicted octanol–water partition coefficient (Wildman–Crippen LogP) is 4.17. The van der Waals surface area contributed by atoms with E-state index in [0.717, 1.165) is 16.5 Å². The van der Waals surface area contributed by atoms with Crippen LogP contribution in [0.5, 0.6) is 17.2 Å². The van der Waals surface area contributed by atoms with Gasteiger partial charge >= 0.3 is 0 Å². The zero-order valence-corrected chi connectivity index (χ0v) is 14.6. The van der Waals surface area contributed by atoms with E-state index < -0.39 is 0 Å². The van der Waals surface area contributed by atoms with E-state index in [1.807, 2.05) is 36.4 Å². The highest BCUT2D eigenvalue weighted by Crippen LogP contribution is 2.37. The molecular formula is C19H15N3O3S. The molecule has 0 fully saturated rings. The molecule has 0 spiro atoms. The summed E-state index contributed by atoms with van der Waals surface area (Å²) >= 11 is 5.45. The first-order chi connectivity index (χ1) is 12.6. The fourth-order valence-electron chi connectivity index (χ4n) is 3.02. The molecule has 0 aliphatic carbocycles. The summed E-state index contributed by atoms with van der Waals surface area (Å²) < 4.78 is 7.65. The lowest BCUT2D eigenvalue weighted by atomic mass is 10.1. The van der Waals surface area contributed by atoms with Crippen molar-refractivity contribution in [1.82, 2.24) is 14.8 Å². The summed E-state index contributed by atoms with van der Waals surface area (Å²) in [6.45, 7) is 0. The molecule has 6 nitrogen and oxygen atoms in total. The number of rotatable bonds is 3. The first-order valence-corrected chi connectivity index (χ1v) is 8.27. The van der Waals surface area contributed by atoms with Crippen LogP contribution in [0.2, 0.25) is 0 Å². The Hall–Kier alpha value is -3.32. The van der Waals surface area contributed by atoms with E-state index in [1.165, 1.54) is 12.1 Å². The van der Waals surface area contributed by atoms with Gasteiger partial charge in [0.25, 0.3) is 0 Å². The third-order valence-corrected chi connectivity index (χ3v) is 4.48. The van der Waals surface area contributed by atoms with Gasteiger partial charge in [-0.05, 0) is 35.8 Å². The van der Waals surface area contributed by atoms with Crippen molar-refractivity contribution >= 4 is 23.0 Å². The van der Waals surface area contributed by atoms with E-state index in [9.17, 15) is 10.2 Å². The van der Waals surface area contributed by atoms with Crippen LogP contribution in [0, 0.1) is 4.77 Å². The lowest BCUT2D eigenvalue weighted by Gasteiger charge is -2.15. The van der Waals surface area contributed by atoms with Gasteiger partial charge in [0.15, 0.2) is 10.6 Å². The van der Waals surface area contributed by atoms with Crippen molar-refractivity contribution in [3.05, 3.63) is 59.4 Å². The molecule has 26 heavy (non-hydrogen) atoms. The molecule has 3 aromatic carbocycles. The number of H-pyrrole nitrogens is 1. The summed E-state index contributed by atoms with van der Waals surface area (Å²) in [6.07, 6.45) is 0. The summed E-state index contributed by atoms with van der Waals surface area (Å²) in [7, 11) is 1.59. The largest absolute Gasteiger partial charge is 0.508 e. The van der Waals surface area contributed by atoms with Crippen LogP contribution in [0.15, 0.2) is 54.6 Å². The number of phenolic OH excluding ortho intramolecular Hbond substituents is 2. The molecule has 0 bridgehead atoms. The van der Waals surface area contributed by atoms with Crippen molar-refractivity contribution in [2.75, 3.05) is 7.11 Å². The van der Waals surface area contributed by atoms with E-state index in [0.29, 0.717) is 21.9 Å². The number of aromatic amines is 1. The van der Waals surface area contributed by atoms with Gasteiger partial charge in [-0.25, -0.2) is 0 Å². The number of hydrogen-bond acceptors (Lipinski definition) is 5. The third kappa shape index (κ3) is 2.49. The van der Waals surface area contributed by atoms with Crippen molar-refractivity contribution in [1.29, 1.82) is 0 Å². The van der Waals surface area contributed by atoms with Crippen LogP contribution in [-0.4, -0.2) is 32.1 Å². The van der Waals surface area contributed by atoms with Crippen LogP contribution < -0.4 is 4.74 Å². The molecule has 3 N–H and O–H groups in total. The average molecular weight is 365 g/mol. The molecule has 0 amide bonds. The molecular weight excluding hydrogens is 350 g/mol. The molecule has 0 unspecified atom stereocenters. The van der Waals surface area contributed by atoms with Gasteiger partial charge in [0.2, 0.25) is 0 Å². The summed E-state index contributed by atoms with van der Waals surface area (Å²) in [4.78, 5) is 0. The summed E-state index contributed by atoms with van der Waals surface area (Å²) in [5.74, 6) is 0.914. The van der Waals surface area contributed by atoms with Crippen LogP contribution in [0.3, 0.4) is 0 Å². The first-order valence-electron chi connectivity index (χ1n) is 7.86. The Morgan fingerprint density at radius 3 is 2.65 bits per heavy atom. The highest BCUT2D eigenvalue weighted by molar-refractivity contribution is 7.71. The number of aromatic hydroxyl groups is 2. The van der Waals surface area contributed by atoms with Gasteiger partial charge in [-0.3, -0.25) is 9.67 Å². The number of aromatic nitrogens is 3. The summed E-state index contributed by atoms with van der Waals surface area (Å²) in [5, 5.41) is 28.9. The van der Waals surface area contributed by atoms with Crippen LogP contribution in [0.4, 0.5) is 0 Å². The zero-order chi connectivity index (χ0) is 18.3. The maximum Gasteiger partial charge on any atom is 0.200 e. The number of fused-ring (bicyclic) bond motifs is 1. The number of phenols is 2. The lowest BCUT2D eigenvalue weighted by molar-refractivity contribution is 0.413. The predicted molar refractivity (Wildman–Crippen MR) is 102 cm³/mol. The van der Waals surface area contributed by atoms with Crippen LogP contribution >= 0.6 is 12.2 Å². The molecule has 0 atom stereocenters. The van der Waals surface area contributed by atoms with Crippen LogP contribution in [-0.2, 0) is 0 Å². The molecule has 1 heterocycles. The zero-order valence-electron chi connectivity index (χ0n) is 13.8. The van der Waals surface area contributed by atoms with Crippen molar-refractivity contribution in [3.8, 4) is 34.3 Å². The van der Waals surface area contributed by atoms with Gasteiger partial charge in [0.05, 0.1) is 18.4 Å². The van der Waals surface area contributed by atoms with Crippen molar-refractivity contribution in [2.24, 2.45) is 0 Å². The third-order valence-electron chi connectivity index (χ3n) is 4.20. The van der Waals surface area contributed by atoms with Crippen molar-refractivity contribution < 1.29 is 14.9 Å². The van der Waals surface area contributed by atoms with E-state index in [1.54, 1.807) is 17.7 Å². The molecule has 7 heteroatoms. The van der Waals surface area contributed by atoms with Crippen LogP contribution in [0.25, 0.3) is 27.8 Å². The molecule has 130 valence electrons. The fourth-order valence-corrected chi connectivity index (χ4v) is 3.25. The Labute approximate surface area is 153 Å². The highest BCUT2D eigenvalue weighted by Gasteiger charge is 2.19. The average Bonchev–Trinajstić information content (AvgIpc) is 3.01. The Morgan fingerprint density at radius 1 is 1.08 bits per heavy atom. The minimum Gasteiger partial charge on any atom is -0.508 e. The van der Waals surface area contributed by atoms with E-state index >= 15 is 0 Å². The van der Waals surface area contributed by atoms with Gasteiger partial charge in [0.1, 0.15) is 17.2 Å². The molecule has 0 aliphatic rings. The number of ether oxygens (including phenoxy) is 1. The van der Waals surface area contributed by atoms with Gasteiger partial charge in [0, 0.05) is 11.5 Å². The molecule has 0 saturated heterocycles. The number of methoxy groups -OCH3 is 1. The summed E-state index contributed by atoms with van der Waals surface area (Å²) in [6, 6.07) is 16.0. The second-order valence-electron chi connectivity index (χ2n) is 5.73. The van der Waals surface area contributed by atoms with Gasteiger partial charge < -0.3 is 14.9 Å². The standard InChI is InChI=1S/C19H15N3O3S/c1-25-16-9-6-11-4-2-3-5-13(11)17(16)22-18(20-21-19(22)26)14-8-7-12(23)10-15(14)24/h2-10,23-24H,1H3,(H,21,26). The Balaban J connectivity index is 2.09. The van der Waals surface area contributed by atoms with Gasteiger partial charge in [-0.15, -0.1) is 0 Å². The maximum absolute atomic E-state index is 10.3. The van der Waals surface area contributed by atoms with Gasteiger partial charge in [-0.1, -0.05) is 30.3 Å². The molecule has 0 aliphatic heterocycles. The molecule has 1 aromatic heterocycles. The molecule has 4 aromatic rings. The molecule has 4 rings (SSSR count).